The van der Waals surface area contributed by atoms with Crippen molar-refractivity contribution >= 4 is 23.1 Å². The average molecular weight is 440 g/mol. The van der Waals surface area contributed by atoms with Gasteiger partial charge < -0.3 is 25.5 Å². The molecular weight excluding hydrogens is 406 g/mol. The Balaban J connectivity index is 1.47. The van der Waals surface area contributed by atoms with Crippen molar-refractivity contribution in [1.82, 2.24) is 14.5 Å². The number of nitrogens with two attached hydrogens (primary N) is 2. The van der Waals surface area contributed by atoms with E-state index in [-0.39, 0.29) is 11.9 Å². The lowest BCUT2D eigenvalue weighted by atomic mass is 10.1. The van der Waals surface area contributed by atoms with Crippen molar-refractivity contribution in [3.63, 3.8) is 0 Å². The van der Waals surface area contributed by atoms with E-state index < -0.39 is 0 Å². The van der Waals surface area contributed by atoms with Crippen LogP contribution in [0.4, 0.5) is 0 Å². The molecular formula is C23H33N7O2. The molecule has 3 heterocycles. The first-order chi connectivity index (χ1) is 15.5. The molecule has 9 nitrogen and oxygen atoms in total. The van der Waals surface area contributed by atoms with Crippen molar-refractivity contribution in [2.75, 3.05) is 33.4 Å². The highest BCUT2D eigenvalue weighted by Crippen LogP contribution is 2.25. The molecule has 2 aliphatic rings. The van der Waals surface area contributed by atoms with Crippen molar-refractivity contribution in [2.24, 2.45) is 22.4 Å². The number of nitrogens with one attached hydrogen (secondary N) is 1. The fourth-order valence-electron chi connectivity index (χ4n) is 4.42. The maximum Gasteiger partial charge on any atom is 0.185 e. The van der Waals surface area contributed by atoms with Gasteiger partial charge in [-0.25, -0.2) is 4.98 Å². The first kappa shape index (κ1) is 22.3. The van der Waals surface area contributed by atoms with Crippen molar-refractivity contribution in [2.45, 2.75) is 38.5 Å². The Hall–Kier alpha value is -2.91. The van der Waals surface area contributed by atoms with E-state index in [1.54, 1.807) is 19.3 Å². The minimum Gasteiger partial charge on any atom is -0.476 e. The molecule has 1 aromatic heterocycles. The lowest BCUT2D eigenvalue weighted by Gasteiger charge is -2.32. The fraction of sp³-hybridized carbons (Fsp3) is 0.522. The fourth-order valence-corrected chi connectivity index (χ4v) is 4.42. The molecule has 172 valence electrons. The van der Waals surface area contributed by atoms with E-state index in [4.69, 9.17) is 31.3 Å². The molecule has 1 atom stereocenters. The quantitative estimate of drug-likeness (QED) is 0.327. The number of hydrogen-bond donors (Lipinski definition) is 3. The number of allylic oxidation sites excluding steroid dienone is 1. The normalized spacial score (nSPS) is 21.0. The second-order valence-electron chi connectivity index (χ2n) is 8.56. The summed E-state index contributed by atoms with van der Waals surface area (Å²) in [6.07, 6.45) is 6.37. The van der Waals surface area contributed by atoms with Gasteiger partial charge in [-0.3, -0.25) is 15.3 Å². The van der Waals surface area contributed by atoms with Crippen LogP contribution in [0.25, 0.3) is 11.0 Å². The number of hydrogen-bond acceptors (Lipinski definition) is 7. The van der Waals surface area contributed by atoms with Crippen LogP contribution in [0.3, 0.4) is 0 Å². The molecule has 0 amide bonds. The van der Waals surface area contributed by atoms with Gasteiger partial charge in [0, 0.05) is 57.1 Å². The van der Waals surface area contributed by atoms with E-state index in [1.165, 1.54) is 0 Å². The van der Waals surface area contributed by atoms with Crippen LogP contribution in [0.15, 0.2) is 35.2 Å². The molecule has 5 N–H and O–H groups in total. The highest BCUT2D eigenvalue weighted by molar-refractivity contribution is 5.98. The van der Waals surface area contributed by atoms with E-state index in [0.29, 0.717) is 17.4 Å². The van der Waals surface area contributed by atoms with Gasteiger partial charge in [-0.05, 0) is 37.5 Å². The van der Waals surface area contributed by atoms with Crippen LogP contribution >= 0.6 is 0 Å². The van der Waals surface area contributed by atoms with Gasteiger partial charge in [0.2, 0.25) is 0 Å². The summed E-state index contributed by atoms with van der Waals surface area (Å²) in [4.78, 5) is 11.3. The number of piperidine rings is 1. The van der Waals surface area contributed by atoms with Gasteiger partial charge in [0.1, 0.15) is 17.8 Å². The van der Waals surface area contributed by atoms with Gasteiger partial charge in [-0.1, -0.05) is 0 Å². The number of rotatable bonds is 8. The molecule has 0 aliphatic carbocycles. The van der Waals surface area contributed by atoms with E-state index in [0.717, 1.165) is 75.5 Å². The summed E-state index contributed by atoms with van der Waals surface area (Å²) in [7, 11) is 1.70. The molecule has 32 heavy (non-hydrogen) atoms. The second-order valence-corrected chi connectivity index (χ2v) is 8.56. The number of ether oxygens (including phenoxy) is 2. The Morgan fingerprint density at radius 2 is 2.12 bits per heavy atom. The first-order valence-corrected chi connectivity index (χ1v) is 11.2. The molecule has 1 aromatic carbocycles. The summed E-state index contributed by atoms with van der Waals surface area (Å²) in [6.45, 7) is 5.15. The molecule has 0 saturated carbocycles. The Labute approximate surface area is 188 Å². The van der Waals surface area contributed by atoms with E-state index >= 15 is 0 Å². The zero-order valence-corrected chi connectivity index (χ0v) is 18.7. The summed E-state index contributed by atoms with van der Waals surface area (Å²) in [6, 6.07) is 5.85. The summed E-state index contributed by atoms with van der Waals surface area (Å²) in [5.74, 6) is 2.02. The average Bonchev–Trinajstić information content (AvgIpc) is 3.41. The van der Waals surface area contributed by atoms with Crippen LogP contribution in [0, 0.1) is 11.3 Å². The molecule has 0 radical (unpaired) electrons. The van der Waals surface area contributed by atoms with Gasteiger partial charge in [0.15, 0.2) is 5.88 Å². The van der Waals surface area contributed by atoms with Crippen LogP contribution < -0.4 is 11.5 Å². The van der Waals surface area contributed by atoms with Gasteiger partial charge in [0.05, 0.1) is 24.2 Å². The van der Waals surface area contributed by atoms with Gasteiger partial charge in [-0.15, -0.1) is 0 Å². The third-order valence-corrected chi connectivity index (χ3v) is 6.19. The van der Waals surface area contributed by atoms with Crippen molar-refractivity contribution in [3.05, 3.63) is 41.5 Å². The summed E-state index contributed by atoms with van der Waals surface area (Å²) >= 11 is 0. The Kier molecular flexibility index (Phi) is 7.06. The third kappa shape index (κ3) is 5.28. The molecule has 2 aromatic rings. The maximum absolute atomic E-state index is 7.75. The van der Waals surface area contributed by atoms with Crippen molar-refractivity contribution in [3.8, 4) is 0 Å². The van der Waals surface area contributed by atoms with E-state index in [1.807, 2.05) is 18.2 Å². The minimum absolute atomic E-state index is 0.0628. The Morgan fingerprint density at radius 1 is 1.31 bits per heavy atom. The molecule has 2 aliphatic heterocycles. The highest BCUT2D eigenvalue weighted by atomic mass is 16.5. The van der Waals surface area contributed by atoms with E-state index in [2.05, 4.69) is 14.5 Å². The molecule has 0 bridgehead atoms. The van der Waals surface area contributed by atoms with Crippen LogP contribution in [0.2, 0.25) is 0 Å². The number of imidazole rings is 1. The zero-order chi connectivity index (χ0) is 22.5. The number of benzene rings is 1. The lowest BCUT2D eigenvalue weighted by molar-refractivity contribution is 0.0457. The second kappa shape index (κ2) is 10.1. The Morgan fingerprint density at radius 3 is 2.81 bits per heavy atom. The lowest BCUT2D eigenvalue weighted by Crippen LogP contribution is -2.37. The van der Waals surface area contributed by atoms with Crippen molar-refractivity contribution < 1.29 is 9.47 Å². The van der Waals surface area contributed by atoms with E-state index in [9.17, 15) is 0 Å². The van der Waals surface area contributed by atoms with Crippen LogP contribution in [-0.4, -0.2) is 66.0 Å². The highest BCUT2D eigenvalue weighted by Gasteiger charge is 2.24. The van der Waals surface area contributed by atoms with Gasteiger partial charge in [0.25, 0.3) is 0 Å². The largest absolute Gasteiger partial charge is 0.476 e. The number of fused-ring (bicyclic) bond motifs is 1. The molecule has 0 unspecified atom stereocenters. The minimum atomic E-state index is 0.0628. The third-order valence-electron chi connectivity index (χ3n) is 6.19. The predicted molar refractivity (Wildman–Crippen MR) is 126 cm³/mol. The molecule has 0 spiro atoms. The SMILES string of the molecule is CN=CC=C(N)OC1CCN(Cc2nc3cc(C(=N)N)ccc3n2C[C@H]2CCOC2)CC1. The van der Waals surface area contributed by atoms with Crippen molar-refractivity contribution in [1.29, 1.82) is 5.41 Å². The Bertz CT molecular complexity index is 999. The number of aliphatic imine (C=N–C) groups is 1. The number of likely N-dealkylation sites (tertiary alicyclic amines) is 1. The summed E-state index contributed by atoms with van der Waals surface area (Å²) < 4.78 is 13.8. The maximum atomic E-state index is 7.75. The number of nitrogen functional groups attached to an aromatic ring is 1. The smallest absolute Gasteiger partial charge is 0.185 e. The molecule has 4 rings (SSSR count). The van der Waals surface area contributed by atoms with Gasteiger partial charge >= 0.3 is 0 Å². The number of aromatic nitrogens is 2. The summed E-state index contributed by atoms with van der Waals surface area (Å²) in [5.41, 5.74) is 14.3. The standard InChI is InChI=1S/C23H33N7O2/c1-27-8-4-21(24)32-18-5-9-29(10-6-18)14-22-28-19-12-17(23(25)26)2-3-20(19)30(22)13-16-7-11-31-15-16/h2-4,8,12,16,18H,5-7,9-11,13-15,24H2,1H3,(H3,25,26)/t16-/m1/s1. The predicted octanol–water partition coefficient (Wildman–Crippen LogP) is 1.84. The zero-order valence-electron chi connectivity index (χ0n) is 18.7. The number of amidine groups is 1. The molecule has 2 saturated heterocycles. The number of nitrogens with zero attached hydrogens (tertiary/aromatic N) is 4. The molecule has 2 fully saturated rings. The van der Waals surface area contributed by atoms with Crippen LogP contribution in [-0.2, 0) is 22.6 Å². The topological polar surface area (TPSA) is 128 Å². The van der Waals surface area contributed by atoms with Crippen LogP contribution in [0.5, 0.6) is 0 Å². The summed E-state index contributed by atoms with van der Waals surface area (Å²) in [5, 5.41) is 7.75. The first-order valence-electron chi connectivity index (χ1n) is 11.2. The monoisotopic (exact) mass is 439 g/mol. The van der Waals surface area contributed by atoms with Crippen LogP contribution in [0.1, 0.15) is 30.7 Å². The molecule has 9 heteroatoms. The van der Waals surface area contributed by atoms with Gasteiger partial charge in [-0.2, -0.15) is 0 Å².